The maximum Gasteiger partial charge on any atom is 0.308 e. The first-order valence-corrected chi connectivity index (χ1v) is 3.97. The third kappa shape index (κ3) is 0.862. The summed E-state index contributed by atoms with van der Waals surface area (Å²) < 4.78 is 0. The van der Waals surface area contributed by atoms with Gasteiger partial charge < -0.3 is 5.11 Å². The number of aliphatic carboxylic acids is 1. The molecule has 1 spiro atoms. The molecule has 1 heterocycles. The van der Waals surface area contributed by atoms with Crippen molar-refractivity contribution in [2.45, 2.75) is 24.8 Å². The van der Waals surface area contributed by atoms with Crippen LogP contribution < -0.4 is 10.9 Å². The van der Waals surface area contributed by atoms with Crippen molar-refractivity contribution >= 4 is 5.97 Å². The van der Waals surface area contributed by atoms with Gasteiger partial charge in [0.1, 0.15) is 0 Å². The lowest BCUT2D eigenvalue weighted by Crippen LogP contribution is -2.72. The van der Waals surface area contributed by atoms with Gasteiger partial charge >= 0.3 is 5.97 Å². The second kappa shape index (κ2) is 2.19. The average molecular weight is 156 g/mol. The van der Waals surface area contributed by atoms with Crippen molar-refractivity contribution < 1.29 is 9.90 Å². The molecule has 11 heavy (non-hydrogen) atoms. The van der Waals surface area contributed by atoms with Gasteiger partial charge in [0.2, 0.25) is 0 Å². The molecule has 0 radical (unpaired) electrons. The van der Waals surface area contributed by atoms with Gasteiger partial charge in [-0.1, -0.05) is 6.42 Å². The van der Waals surface area contributed by atoms with Crippen LogP contribution in [0.5, 0.6) is 0 Å². The number of carboxylic acids is 1. The molecule has 0 bridgehead atoms. The van der Waals surface area contributed by atoms with Crippen LogP contribution in [0.2, 0.25) is 0 Å². The molecule has 3 N–H and O–H groups in total. The summed E-state index contributed by atoms with van der Waals surface area (Å²) in [6.07, 6.45) is 2.85. The summed E-state index contributed by atoms with van der Waals surface area (Å²) in [7, 11) is 0. The Morgan fingerprint density at radius 3 is 2.73 bits per heavy atom. The second-order valence-corrected chi connectivity index (χ2v) is 3.42. The first-order chi connectivity index (χ1) is 5.25. The summed E-state index contributed by atoms with van der Waals surface area (Å²) in [5.41, 5.74) is 5.83. The Morgan fingerprint density at radius 1 is 1.64 bits per heavy atom. The third-order valence-corrected chi connectivity index (χ3v) is 2.82. The summed E-state index contributed by atoms with van der Waals surface area (Å²) in [5.74, 6) is -0.833. The fraction of sp³-hybridized carbons (Fsp3) is 0.857. The first-order valence-electron chi connectivity index (χ1n) is 3.97. The molecule has 0 aromatic heterocycles. The van der Waals surface area contributed by atoms with Crippen LogP contribution in [0, 0.1) is 5.92 Å². The molecular formula is C7H12N2O2. The topological polar surface area (TPSA) is 61.4 Å². The molecule has 2 rings (SSSR count). The van der Waals surface area contributed by atoms with E-state index in [-0.39, 0.29) is 11.5 Å². The van der Waals surface area contributed by atoms with E-state index in [4.69, 9.17) is 5.11 Å². The van der Waals surface area contributed by atoms with Gasteiger partial charge in [-0.2, -0.15) is 0 Å². The van der Waals surface area contributed by atoms with Gasteiger partial charge in [-0.15, -0.1) is 0 Å². The molecule has 1 aliphatic carbocycles. The van der Waals surface area contributed by atoms with Crippen LogP contribution in [0.4, 0.5) is 0 Å². The van der Waals surface area contributed by atoms with Gasteiger partial charge in [0.15, 0.2) is 0 Å². The molecule has 1 saturated carbocycles. The van der Waals surface area contributed by atoms with E-state index in [2.05, 4.69) is 10.9 Å². The first kappa shape index (κ1) is 7.06. The van der Waals surface area contributed by atoms with Crippen LogP contribution in [-0.2, 0) is 4.79 Å². The smallest absolute Gasteiger partial charge is 0.308 e. The number of hydrogen-bond donors (Lipinski definition) is 3. The Hall–Kier alpha value is -0.610. The zero-order chi connectivity index (χ0) is 7.90. The van der Waals surface area contributed by atoms with Gasteiger partial charge in [-0.05, 0) is 12.8 Å². The molecule has 2 unspecified atom stereocenters. The lowest BCUT2D eigenvalue weighted by Gasteiger charge is -2.43. The van der Waals surface area contributed by atoms with Crippen LogP contribution >= 0.6 is 0 Å². The minimum Gasteiger partial charge on any atom is -0.481 e. The fourth-order valence-electron chi connectivity index (χ4n) is 2.11. The number of hydrogen-bond acceptors (Lipinski definition) is 3. The minimum absolute atomic E-state index is 0.105. The van der Waals surface area contributed by atoms with Gasteiger partial charge in [-0.3, -0.25) is 10.2 Å². The lowest BCUT2D eigenvalue weighted by atomic mass is 9.85. The molecule has 4 nitrogen and oxygen atoms in total. The largest absolute Gasteiger partial charge is 0.481 e. The Kier molecular flexibility index (Phi) is 1.40. The molecular weight excluding hydrogens is 144 g/mol. The maximum atomic E-state index is 10.7. The van der Waals surface area contributed by atoms with Crippen LogP contribution in [0.3, 0.4) is 0 Å². The molecule has 2 aliphatic rings. The predicted octanol–water partition coefficient (Wildman–Crippen LogP) is -0.282. The Balaban J connectivity index is 2.13. The third-order valence-electron chi connectivity index (χ3n) is 2.82. The molecule has 1 saturated heterocycles. The fourth-order valence-corrected chi connectivity index (χ4v) is 2.11. The normalized spacial score (nSPS) is 42.4. The Morgan fingerprint density at radius 2 is 2.36 bits per heavy atom. The number of nitrogens with one attached hydrogen (secondary N) is 2. The Bertz CT molecular complexity index is 189. The summed E-state index contributed by atoms with van der Waals surface area (Å²) >= 11 is 0. The highest BCUT2D eigenvalue weighted by atomic mass is 16.4. The summed E-state index contributed by atoms with van der Waals surface area (Å²) in [5, 5.41) is 8.85. The van der Waals surface area contributed by atoms with E-state index >= 15 is 0 Å². The van der Waals surface area contributed by atoms with Gasteiger partial charge in [0.05, 0.1) is 11.5 Å². The van der Waals surface area contributed by atoms with E-state index in [0.717, 1.165) is 25.8 Å². The van der Waals surface area contributed by atoms with Gasteiger partial charge in [-0.25, -0.2) is 5.43 Å². The maximum absolute atomic E-state index is 10.7. The summed E-state index contributed by atoms with van der Waals surface area (Å²) in [4.78, 5) is 10.7. The quantitative estimate of drug-likeness (QED) is 0.488. The van der Waals surface area contributed by atoms with E-state index in [9.17, 15) is 4.79 Å². The van der Waals surface area contributed by atoms with Crippen LogP contribution in [0.15, 0.2) is 0 Å². The van der Waals surface area contributed by atoms with E-state index < -0.39 is 5.97 Å². The molecule has 62 valence electrons. The number of hydrazine groups is 1. The number of carboxylic acid groups (broad SMARTS) is 1. The Labute approximate surface area is 64.9 Å². The van der Waals surface area contributed by atoms with Crippen molar-refractivity contribution in [3.8, 4) is 0 Å². The molecule has 2 atom stereocenters. The summed E-state index contributed by atoms with van der Waals surface area (Å²) in [6, 6.07) is 0. The monoisotopic (exact) mass is 156 g/mol. The van der Waals surface area contributed by atoms with Crippen molar-refractivity contribution in [2.75, 3.05) is 6.54 Å². The highest BCUT2D eigenvalue weighted by Crippen LogP contribution is 2.37. The SMILES string of the molecule is O=C(O)C1CCCC12CNN2. The number of rotatable bonds is 1. The highest BCUT2D eigenvalue weighted by molar-refractivity contribution is 5.72. The highest BCUT2D eigenvalue weighted by Gasteiger charge is 2.50. The zero-order valence-electron chi connectivity index (χ0n) is 6.26. The van der Waals surface area contributed by atoms with Crippen molar-refractivity contribution in [1.29, 1.82) is 0 Å². The van der Waals surface area contributed by atoms with E-state index in [1.54, 1.807) is 0 Å². The lowest BCUT2D eigenvalue weighted by molar-refractivity contribution is -0.145. The molecule has 4 heteroatoms. The average Bonchev–Trinajstić information content (AvgIpc) is 2.27. The number of carbonyl (C=O) groups is 1. The van der Waals surface area contributed by atoms with Gasteiger partial charge in [0.25, 0.3) is 0 Å². The molecule has 0 amide bonds. The molecule has 0 aromatic rings. The molecule has 1 aliphatic heterocycles. The molecule has 0 aromatic carbocycles. The van der Waals surface area contributed by atoms with Crippen molar-refractivity contribution in [3.05, 3.63) is 0 Å². The van der Waals surface area contributed by atoms with Crippen LogP contribution in [0.1, 0.15) is 19.3 Å². The van der Waals surface area contributed by atoms with E-state index in [0.29, 0.717) is 0 Å². The zero-order valence-corrected chi connectivity index (χ0v) is 6.26. The second-order valence-electron chi connectivity index (χ2n) is 3.42. The van der Waals surface area contributed by atoms with Crippen molar-refractivity contribution in [1.82, 2.24) is 10.9 Å². The summed E-state index contributed by atoms with van der Waals surface area (Å²) in [6.45, 7) is 0.809. The van der Waals surface area contributed by atoms with Crippen LogP contribution in [0.25, 0.3) is 0 Å². The standard InChI is InChI=1S/C7H12N2O2/c10-6(11)5-2-1-3-7(5)4-8-9-7/h5,8-9H,1-4H2,(H,10,11). The van der Waals surface area contributed by atoms with Crippen molar-refractivity contribution in [2.24, 2.45) is 5.92 Å². The van der Waals surface area contributed by atoms with Gasteiger partial charge in [0, 0.05) is 6.54 Å². The van der Waals surface area contributed by atoms with E-state index in [1.807, 2.05) is 0 Å². The minimum atomic E-state index is -0.656. The van der Waals surface area contributed by atoms with Crippen molar-refractivity contribution in [3.63, 3.8) is 0 Å². The predicted molar refractivity (Wildman–Crippen MR) is 38.8 cm³/mol. The molecule has 2 fully saturated rings. The van der Waals surface area contributed by atoms with E-state index in [1.165, 1.54) is 0 Å². The van der Waals surface area contributed by atoms with Crippen LogP contribution in [-0.4, -0.2) is 23.2 Å².